The zero-order valence-electron chi connectivity index (χ0n) is 22.0. The highest BCUT2D eigenvalue weighted by Gasteiger charge is 2.34. The number of hydrogen-bond donors (Lipinski definition) is 1. The van der Waals surface area contributed by atoms with E-state index in [1.807, 2.05) is 63.2 Å². The van der Waals surface area contributed by atoms with Gasteiger partial charge in [0, 0.05) is 11.1 Å². The summed E-state index contributed by atoms with van der Waals surface area (Å²) in [5, 5.41) is 11.4. The molecular formula is C29H32FN5O3. The van der Waals surface area contributed by atoms with Crippen molar-refractivity contribution in [2.45, 2.75) is 51.9 Å². The van der Waals surface area contributed by atoms with Crippen LogP contribution in [0.4, 0.5) is 4.39 Å². The molecule has 1 heterocycles. The normalized spacial score (nSPS) is 12.2. The molecule has 4 aromatic rings. The molecule has 38 heavy (non-hydrogen) atoms. The van der Waals surface area contributed by atoms with Crippen LogP contribution in [0.3, 0.4) is 0 Å². The molecule has 8 nitrogen and oxygen atoms in total. The van der Waals surface area contributed by atoms with Crippen LogP contribution in [-0.2, 0) is 22.7 Å². The molecule has 198 valence electrons. The molecule has 3 aromatic carbocycles. The van der Waals surface area contributed by atoms with Crippen molar-refractivity contribution in [2.75, 3.05) is 7.11 Å². The number of aromatic nitrogens is 3. The molecule has 0 radical (unpaired) electrons. The average Bonchev–Trinajstić information content (AvgIpc) is 3.32. The Morgan fingerprint density at radius 2 is 1.74 bits per heavy atom. The summed E-state index contributed by atoms with van der Waals surface area (Å²) in [6, 6.07) is 19.3. The van der Waals surface area contributed by atoms with E-state index < -0.39 is 17.4 Å². The lowest BCUT2D eigenvalue weighted by Crippen LogP contribution is -2.50. The minimum absolute atomic E-state index is 0.0808. The van der Waals surface area contributed by atoms with E-state index in [1.54, 1.807) is 13.2 Å². The zero-order valence-corrected chi connectivity index (χ0v) is 22.0. The van der Waals surface area contributed by atoms with Crippen LogP contribution in [0.25, 0.3) is 11.0 Å². The number of fused-ring (bicyclic) bond motifs is 1. The second kappa shape index (κ2) is 11.4. The third kappa shape index (κ3) is 5.99. The van der Waals surface area contributed by atoms with Crippen LogP contribution in [0.15, 0.2) is 72.8 Å². The zero-order chi connectivity index (χ0) is 27.3. The second-order valence-corrected chi connectivity index (χ2v) is 9.75. The van der Waals surface area contributed by atoms with Crippen molar-refractivity contribution in [3.63, 3.8) is 0 Å². The van der Waals surface area contributed by atoms with E-state index in [2.05, 4.69) is 15.6 Å². The average molecular weight is 518 g/mol. The highest BCUT2D eigenvalue weighted by Crippen LogP contribution is 2.29. The van der Waals surface area contributed by atoms with E-state index in [1.165, 1.54) is 33.8 Å². The van der Waals surface area contributed by atoms with E-state index in [-0.39, 0.29) is 24.9 Å². The van der Waals surface area contributed by atoms with Crippen LogP contribution in [0, 0.1) is 5.82 Å². The monoisotopic (exact) mass is 517 g/mol. The molecule has 0 aliphatic heterocycles. The van der Waals surface area contributed by atoms with Crippen molar-refractivity contribution in [1.29, 1.82) is 0 Å². The number of halogens is 1. The van der Waals surface area contributed by atoms with Gasteiger partial charge in [-0.05, 0) is 56.2 Å². The van der Waals surface area contributed by atoms with Gasteiger partial charge in [0.15, 0.2) is 0 Å². The Labute approximate surface area is 221 Å². The highest BCUT2D eigenvalue weighted by atomic mass is 19.1. The maximum absolute atomic E-state index is 14.0. The van der Waals surface area contributed by atoms with Crippen LogP contribution in [0.1, 0.15) is 44.4 Å². The topological polar surface area (TPSA) is 89.4 Å². The summed E-state index contributed by atoms with van der Waals surface area (Å²) in [7, 11) is 1.56. The van der Waals surface area contributed by atoms with Crippen LogP contribution >= 0.6 is 0 Å². The smallest absolute Gasteiger partial charge is 0.247 e. The van der Waals surface area contributed by atoms with Gasteiger partial charge in [-0.3, -0.25) is 9.59 Å². The van der Waals surface area contributed by atoms with Crippen molar-refractivity contribution in [2.24, 2.45) is 0 Å². The molecule has 1 atom stereocenters. The number of hydrogen-bond acceptors (Lipinski definition) is 5. The SMILES string of the molecule is CCC(C)(C)NC(=O)[C@H](c1ccc(F)cc1)N(Cc1ccccc1OC)C(=O)Cn1nnc2ccccc21. The third-order valence-electron chi connectivity index (χ3n) is 6.65. The molecule has 0 saturated heterocycles. The van der Waals surface area contributed by atoms with Gasteiger partial charge >= 0.3 is 0 Å². The van der Waals surface area contributed by atoms with E-state index in [4.69, 9.17) is 4.74 Å². The van der Waals surface area contributed by atoms with Gasteiger partial charge in [0.05, 0.1) is 19.2 Å². The lowest BCUT2D eigenvalue weighted by atomic mass is 9.98. The van der Waals surface area contributed by atoms with E-state index in [9.17, 15) is 14.0 Å². The van der Waals surface area contributed by atoms with Crippen molar-refractivity contribution >= 4 is 22.8 Å². The predicted molar refractivity (Wildman–Crippen MR) is 143 cm³/mol. The van der Waals surface area contributed by atoms with E-state index in [0.29, 0.717) is 28.8 Å². The number of methoxy groups -OCH3 is 1. The Kier molecular flexibility index (Phi) is 8.05. The Bertz CT molecular complexity index is 1420. The standard InChI is InChI=1S/C29H32FN5O3/c1-5-29(2,3)31-28(37)27(20-14-16-22(30)17-15-20)34(18-21-10-6-9-13-25(21)38-4)26(36)19-35-24-12-8-7-11-23(24)32-33-35/h6-17,27H,5,18-19H2,1-4H3,(H,31,37)/t27-/m0/s1. The van der Waals surface area contributed by atoms with Gasteiger partial charge in [0.25, 0.3) is 0 Å². The van der Waals surface area contributed by atoms with Gasteiger partial charge in [-0.15, -0.1) is 5.10 Å². The fourth-order valence-corrected chi connectivity index (χ4v) is 4.20. The third-order valence-corrected chi connectivity index (χ3v) is 6.65. The molecule has 9 heteroatoms. The Morgan fingerprint density at radius 1 is 1.05 bits per heavy atom. The molecule has 2 amide bonds. The molecule has 0 saturated carbocycles. The van der Waals surface area contributed by atoms with Gasteiger partial charge in [-0.2, -0.15) is 0 Å². The minimum atomic E-state index is -1.03. The Balaban J connectivity index is 1.79. The summed E-state index contributed by atoms with van der Waals surface area (Å²) in [5.74, 6) is -0.567. The first-order chi connectivity index (χ1) is 18.2. The van der Waals surface area contributed by atoms with Gasteiger partial charge in [-0.1, -0.05) is 54.6 Å². The van der Waals surface area contributed by atoms with Crippen molar-refractivity contribution in [3.05, 3.63) is 89.7 Å². The Morgan fingerprint density at radius 3 is 2.45 bits per heavy atom. The number of benzene rings is 3. The molecule has 1 aromatic heterocycles. The maximum Gasteiger partial charge on any atom is 0.247 e. The molecule has 0 aliphatic rings. The van der Waals surface area contributed by atoms with Crippen LogP contribution in [-0.4, -0.2) is 44.4 Å². The number of ether oxygens (including phenoxy) is 1. The maximum atomic E-state index is 14.0. The van der Waals surface area contributed by atoms with E-state index >= 15 is 0 Å². The Hall–Kier alpha value is -4.27. The summed E-state index contributed by atoms with van der Waals surface area (Å²) in [4.78, 5) is 29.4. The first-order valence-electron chi connectivity index (χ1n) is 12.5. The predicted octanol–water partition coefficient (Wildman–Crippen LogP) is 4.65. The van der Waals surface area contributed by atoms with Crippen molar-refractivity contribution < 1.29 is 18.7 Å². The fourth-order valence-electron chi connectivity index (χ4n) is 4.20. The molecule has 0 fully saturated rings. The van der Waals surface area contributed by atoms with Crippen molar-refractivity contribution in [1.82, 2.24) is 25.2 Å². The first-order valence-corrected chi connectivity index (χ1v) is 12.5. The lowest BCUT2D eigenvalue weighted by molar-refractivity contribution is -0.143. The first kappa shape index (κ1) is 26.8. The minimum Gasteiger partial charge on any atom is -0.496 e. The molecule has 0 bridgehead atoms. The number of carbonyl (C=O) groups excluding carboxylic acids is 2. The van der Waals surface area contributed by atoms with Gasteiger partial charge in [0.1, 0.15) is 29.7 Å². The molecular weight excluding hydrogens is 485 g/mol. The molecule has 0 unspecified atom stereocenters. The number of nitrogens with zero attached hydrogens (tertiary/aromatic N) is 4. The number of amides is 2. The van der Waals surface area contributed by atoms with Gasteiger partial charge in [-0.25, -0.2) is 9.07 Å². The molecule has 1 N–H and O–H groups in total. The summed E-state index contributed by atoms with van der Waals surface area (Å²) in [6.45, 7) is 5.75. The molecule has 0 spiro atoms. The second-order valence-electron chi connectivity index (χ2n) is 9.75. The number of carbonyl (C=O) groups is 2. The van der Waals surface area contributed by atoms with Crippen molar-refractivity contribution in [3.8, 4) is 5.75 Å². The largest absolute Gasteiger partial charge is 0.496 e. The molecule has 4 rings (SSSR count). The fraction of sp³-hybridized carbons (Fsp3) is 0.310. The number of para-hydroxylation sites is 2. The van der Waals surface area contributed by atoms with Crippen LogP contribution < -0.4 is 10.1 Å². The summed E-state index contributed by atoms with van der Waals surface area (Å²) >= 11 is 0. The van der Waals surface area contributed by atoms with E-state index in [0.717, 1.165) is 5.56 Å². The lowest BCUT2D eigenvalue weighted by Gasteiger charge is -2.35. The number of nitrogens with one attached hydrogen (secondary N) is 1. The summed E-state index contributed by atoms with van der Waals surface area (Å²) < 4.78 is 20.9. The van der Waals surface area contributed by atoms with Gasteiger partial charge < -0.3 is 15.0 Å². The summed E-state index contributed by atoms with van der Waals surface area (Å²) in [6.07, 6.45) is 0.681. The quantitative estimate of drug-likeness (QED) is 0.331. The summed E-state index contributed by atoms with van der Waals surface area (Å²) in [5.41, 5.74) is 2.06. The molecule has 0 aliphatic carbocycles. The van der Waals surface area contributed by atoms with Crippen LogP contribution in [0.5, 0.6) is 5.75 Å². The van der Waals surface area contributed by atoms with Crippen LogP contribution in [0.2, 0.25) is 0 Å². The van der Waals surface area contributed by atoms with Gasteiger partial charge in [0.2, 0.25) is 11.8 Å². The number of rotatable bonds is 10. The highest BCUT2D eigenvalue weighted by molar-refractivity contribution is 5.89.